The number of anilines is 1. The molecule has 4 aromatic rings. The van der Waals surface area contributed by atoms with Crippen LogP contribution < -0.4 is 19.8 Å². The van der Waals surface area contributed by atoms with Gasteiger partial charge in [0.1, 0.15) is 0 Å². The van der Waals surface area contributed by atoms with Crippen LogP contribution in [0.4, 0.5) is 5.69 Å². The fraction of sp³-hybridized carbons (Fsp3) is 0.0952. The van der Waals surface area contributed by atoms with Gasteiger partial charge in [-0.1, -0.05) is 6.07 Å². The van der Waals surface area contributed by atoms with Gasteiger partial charge in [0.2, 0.25) is 12.4 Å². The second-order valence-corrected chi connectivity index (χ2v) is 6.40. The number of hydrogen-bond acceptors (Lipinski definition) is 5. The number of benzene rings is 2. The summed E-state index contributed by atoms with van der Waals surface area (Å²) in [5.41, 5.74) is 4.20. The number of carbonyl (C=O) groups is 1. The minimum atomic E-state index is -0.232. The van der Waals surface area contributed by atoms with Crippen molar-refractivity contribution in [2.24, 2.45) is 0 Å². The monoisotopic (exact) mass is 374 g/mol. The maximum atomic E-state index is 12.7. The molecule has 0 unspecified atom stereocenters. The number of hydrogen-bond donors (Lipinski definition) is 1. The SMILES string of the molecule is Cc1c(NC(=O)c2ccc3c(c2)OCO3)cccc1-c1nc2[nH+]cccc2o1. The summed E-state index contributed by atoms with van der Waals surface area (Å²) in [6.07, 6.45) is 1.80. The molecule has 0 aliphatic carbocycles. The van der Waals surface area contributed by atoms with Gasteiger partial charge < -0.3 is 19.2 Å². The number of carbonyl (C=O) groups excluding carboxylic acids is 1. The van der Waals surface area contributed by atoms with E-state index in [1.165, 1.54) is 0 Å². The molecule has 2 N–H and O–H groups in total. The van der Waals surface area contributed by atoms with Crippen LogP contribution in [0.1, 0.15) is 15.9 Å². The normalized spacial score (nSPS) is 12.3. The first kappa shape index (κ1) is 16.3. The van der Waals surface area contributed by atoms with Crippen LogP contribution in [0.15, 0.2) is 59.1 Å². The molecule has 1 amide bonds. The van der Waals surface area contributed by atoms with Gasteiger partial charge in [0.15, 0.2) is 11.5 Å². The number of fused-ring (bicyclic) bond motifs is 2. The molecule has 2 aromatic heterocycles. The zero-order valence-corrected chi connectivity index (χ0v) is 15.0. The van der Waals surface area contributed by atoms with Crippen LogP contribution in [0.25, 0.3) is 22.7 Å². The van der Waals surface area contributed by atoms with E-state index in [0.717, 1.165) is 11.1 Å². The lowest BCUT2D eigenvalue weighted by Gasteiger charge is -2.10. The van der Waals surface area contributed by atoms with E-state index in [9.17, 15) is 4.79 Å². The summed E-state index contributed by atoms with van der Waals surface area (Å²) in [5.74, 6) is 1.47. The number of rotatable bonds is 3. The molecule has 1 aliphatic rings. The molecule has 0 spiro atoms. The van der Waals surface area contributed by atoms with Gasteiger partial charge in [0, 0.05) is 16.2 Å². The fourth-order valence-corrected chi connectivity index (χ4v) is 3.16. The number of H-pyrrole nitrogens is 1. The van der Waals surface area contributed by atoms with Crippen LogP contribution in [0, 0.1) is 6.92 Å². The van der Waals surface area contributed by atoms with Crippen LogP contribution in [-0.2, 0) is 0 Å². The van der Waals surface area contributed by atoms with Crippen molar-refractivity contribution in [2.45, 2.75) is 6.92 Å². The summed E-state index contributed by atoms with van der Waals surface area (Å²) in [7, 11) is 0. The van der Waals surface area contributed by atoms with Gasteiger partial charge in [0.25, 0.3) is 5.91 Å². The van der Waals surface area contributed by atoms with E-state index in [4.69, 9.17) is 13.9 Å². The zero-order valence-electron chi connectivity index (χ0n) is 15.0. The van der Waals surface area contributed by atoms with Crippen molar-refractivity contribution in [3.63, 3.8) is 0 Å². The summed E-state index contributed by atoms with van der Waals surface area (Å²) in [5, 5.41) is 2.95. The summed E-state index contributed by atoms with van der Waals surface area (Å²) < 4.78 is 16.5. The van der Waals surface area contributed by atoms with Gasteiger partial charge >= 0.3 is 11.5 Å². The van der Waals surface area contributed by atoms with Crippen molar-refractivity contribution < 1.29 is 23.7 Å². The number of amides is 1. The Morgan fingerprint density at radius 2 is 2.00 bits per heavy atom. The molecule has 0 saturated heterocycles. The van der Waals surface area contributed by atoms with Gasteiger partial charge in [-0.2, -0.15) is 0 Å². The molecule has 1 aliphatic heterocycles. The molecule has 7 nitrogen and oxygen atoms in total. The summed E-state index contributed by atoms with van der Waals surface area (Å²) in [4.78, 5) is 20.3. The van der Waals surface area contributed by atoms with Crippen molar-refractivity contribution >= 4 is 22.8 Å². The third kappa shape index (κ3) is 2.73. The first-order valence-corrected chi connectivity index (χ1v) is 8.77. The van der Waals surface area contributed by atoms with Crippen molar-refractivity contribution in [1.82, 2.24) is 4.98 Å². The second kappa shape index (κ2) is 6.38. The van der Waals surface area contributed by atoms with Crippen molar-refractivity contribution in [1.29, 1.82) is 0 Å². The van der Waals surface area contributed by atoms with Gasteiger partial charge in [-0.15, -0.1) is 0 Å². The summed E-state index contributed by atoms with van der Waals surface area (Å²) >= 11 is 0. The van der Waals surface area contributed by atoms with E-state index in [1.807, 2.05) is 37.3 Å². The maximum absolute atomic E-state index is 12.7. The fourth-order valence-electron chi connectivity index (χ4n) is 3.16. The molecule has 7 heteroatoms. The summed E-state index contributed by atoms with van der Waals surface area (Å²) in [6.45, 7) is 2.09. The Morgan fingerprint density at radius 1 is 1.11 bits per heavy atom. The van der Waals surface area contributed by atoms with Crippen molar-refractivity contribution in [3.05, 3.63) is 65.9 Å². The van der Waals surface area contributed by atoms with Crippen LogP contribution >= 0.6 is 0 Å². The number of aromatic nitrogens is 2. The lowest BCUT2D eigenvalue weighted by atomic mass is 10.1. The number of pyridine rings is 1. The Labute approximate surface area is 159 Å². The number of nitrogens with zero attached hydrogens (tertiary/aromatic N) is 1. The molecule has 0 saturated carbocycles. The number of aromatic amines is 1. The first-order chi connectivity index (χ1) is 13.7. The average molecular weight is 374 g/mol. The van der Waals surface area contributed by atoms with Gasteiger partial charge in [-0.3, -0.25) is 4.79 Å². The Bertz CT molecular complexity index is 1180. The van der Waals surface area contributed by atoms with Crippen LogP contribution in [-0.4, -0.2) is 17.7 Å². The van der Waals surface area contributed by atoms with E-state index < -0.39 is 0 Å². The molecule has 0 bridgehead atoms. The third-order valence-electron chi connectivity index (χ3n) is 4.66. The number of nitrogens with one attached hydrogen (secondary N) is 2. The van der Waals surface area contributed by atoms with Crippen LogP contribution in [0.3, 0.4) is 0 Å². The van der Waals surface area contributed by atoms with E-state index in [2.05, 4.69) is 15.3 Å². The minimum absolute atomic E-state index is 0.170. The van der Waals surface area contributed by atoms with Crippen molar-refractivity contribution in [3.8, 4) is 23.0 Å². The topological polar surface area (TPSA) is 87.7 Å². The van der Waals surface area contributed by atoms with Gasteiger partial charge in [-0.25, -0.2) is 4.98 Å². The molecular weight excluding hydrogens is 358 g/mol. The Hall–Kier alpha value is -3.87. The van der Waals surface area contributed by atoms with E-state index in [0.29, 0.717) is 39.9 Å². The largest absolute Gasteiger partial charge is 0.454 e. The highest BCUT2D eigenvalue weighted by molar-refractivity contribution is 6.05. The molecule has 138 valence electrons. The van der Waals surface area contributed by atoms with Gasteiger partial charge in [0.05, 0.1) is 11.8 Å². The number of oxazole rings is 1. The molecule has 3 heterocycles. The predicted octanol–water partition coefficient (Wildman–Crippen LogP) is 3.60. The highest BCUT2D eigenvalue weighted by atomic mass is 16.7. The molecule has 0 fully saturated rings. The summed E-state index contributed by atoms with van der Waals surface area (Å²) in [6, 6.07) is 14.4. The zero-order chi connectivity index (χ0) is 19.1. The molecule has 0 radical (unpaired) electrons. The highest BCUT2D eigenvalue weighted by Gasteiger charge is 2.21. The highest BCUT2D eigenvalue weighted by Crippen LogP contribution is 2.33. The maximum Gasteiger partial charge on any atom is 0.368 e. The minimum Gasteiger partial charge on any atom is -0.454 e. The van der Waals surface area contributed by atoms with E-state index >= 15 is 0 Å². The molecule has 0 atom stereocenters. The predicted molar refractivity (Wildman–Crippen MR) is 101 cm³/mol. The lowest BCUT2D eigenvalue weighted by molar-refractivity contribution is -0.347. The molecule has 2 aromatic carbocycles. The average Bonchev–Trinajstić information content (AvgIpc) is 3.35. The standard InChI is InChI=1S/C21H15N3O4/c1-12-14(21-24-19-17(28-21)6-3-9-22-19)4-2-5-15(12)23-20(25)13-7-8-16-18(10-13)27-11-26-16/h2-10H,11H2,1H3,(H,23,25)/p+1. The Morgan fingerprint density at radius 3 is 2.89 bits per heavy atom. The Balaban J connectivity index is 1.46. The van der Waals surface area contributed by atoms with E-state index in [-0.39, 0.29) is 12.7 Å². The van der Waals surface area contributed by atoms with Crippen molar-refractivity contribution in [2.75, 3.05) is 12.1 Å². The second-order valence-electron chi connectivity index (χ2n) is 6.40. The van der Waals surface area contributed by atoms with Gasteiger partial charge in [-0.05, 0) is 55.0 Å². The lowest BCUT2D eigenvalue weighted by Crippen LogP contribution is -2.13. The smallest absolute Gasteiger partial charge is 0.368 e. The number of ether oxygens (including phenoxy) is 2. The van der Waals surface area contributed by atoms with Crippen LogP contribution in [0.2, 0.25) is 0 Å². The Kier molecular flexibility index (Phi) is 3.72. The quantitative estimate of drug-likeness (QED) is 0.592. The molecular formula is C21H16N3O4+. The third-order valence-corrected chi connectivity index (χ3v) is 4.66. The van der Waals surface area contributed by atoms with Crippen LogP contribution in [0.5, 0.6) is 11.5 Å². The molecule has 5 rings (SSSR count). The molecule has 28 heavy (non-hydrogen) atoms. The first-order valence-electron chi connectivity index (χ1n) is 8.77. The van der Waals surface area contributed by atoms with E-state index in [1.54, 1.807) is 24.4 Å².